The van der Waals surface area contributed by atoms with E-state index in [0.29, 0.717) is 24.8 Å². The molecule has 120 valence electrons. The number of rotatable bonds is 6. The molecule has 0 radical (unpaired) electrons. The van der Waals surface area contributed by atoms with Crippen molar-refractivity contribution in [3.05, 3.63) is 5.82 Å². The van der Waals surface area contributed by atoms with Crippen LogP contribution in [-0.2, 0) is 4.79 Å². The number of aromatic nitrogens is 3. The second-order valence-electron chi connectivity index (χ2n) is 5.70. The minimum Gasteiger partial charge on any atom is -0.344 e. The Hall–Kier alpha value is -1.55. The molecule has 0 aromatic carbocycles. The Morgan fingerprint density at radius 2 is 2.14 bits per heavy atom. The lowest BCUT2D eigenvalue weighted by molar-refractivity contribution is -0.127. The van der Waals surface area contributed by atoms with Gasteiger partial charge in [0.05, 0.1) is 18.2 Å². The van der Waals surface area contributed by atoms with E-state index in [1.165, 1.54) is 43.9 Å². The predicted octanol–water partition coefficient (Wildman–Crippen LogP) is 2.56. The van der Waals surface area contributed by atoms with E-state index in [2.05, 4.69) is 20.8 Å². The third-order valence-electron chi connectivity index (χ3n) is 4.08. The van der Waals surface area contributed by atoms with Gasteiger partial charge in [0.2, 0.25) is 5.91 Å². The second-order valence-corrected chi connectivity index (χ2v) is 6.65. The monoisotopic (exact) mass is 321 g/mol. The SMILES string of the molecule is Cc1nnc(SCC(=O)N(C)CCC#N)n1C1CCCCC1. The maximum Gasteiger partial charge on any atom is 0.232 e. The van der Waals surface area contributed by atoms with Crippen LogP contribution in [0.2, 0.25) is 0 Å². The van der Waals surface area contributed by atoms with Crippen molar-refractivity contribution in [3.63, 3.8) is 0 Å². The van der Waals surface area contributed by atoms with Crippen LogP contribution in [0.1, 0.15) is 50.4 Å². The molecule has 0 bridgehead atoms. The zero-order valence-corrected chi connectivity index (χ0v) is 14.1. The summed E-state index contributed by atoms with van der Waals surface area (Å²) in [6.07, 6.45) is 6.52. The van der Waals surface area contributed by atoms with Crippen molar-refractivity contribution < 1.29 is 4.79 Å². The van der Waals surface area contributed by atoms with Gasteiger partial charge in [0, 0.05) is 19.6 Å². The molecule has 0 spiro atoms. The minimum absolute atomic E-state index is 0.0242. The van der Waals surface area contributed by atoms with Crippen molar-refractivity contribution in [1.29, 1.82) is 5.26 Å². The first kappa shape index (κ1) is 16.8. The van der Waals surface area contributed by atoms with Gasteiger partial charge in [-0.15, -0.1) is 10.2 Å². The van der Waals surface area contributed by atoms with Crippen molar-refractivity contribution in [2.24, 2.45) is 0 Å². The molecule has 0 saturated heterocycles. The molecule has 2 rings (SSSR count). The molecular weight excluding hydrogens is 298 g/mol. The van der Waals surface area contributed by atoms with Gasteiger partial charge in [0.25, 0.3) is 0 Å². The summed E-state index contributed by atoms with van der Waals surface area (Å²) in [5.74, 6) is 1.29. The van der Waals surface area contributed by atoms with E-state index in [1.54, 1.807) is 11.9 Å². The maximum atomic E-state index is 12.1. The number of amides is 1. The fourth-order valence-electron chi connectivity index (χ4n) is 2.79. The smallest absolute Gasteiger partial charge is 0.232 e. The number of aryl methyl sites for hydroxylation is 1. The Morgan fingerprint density at radius 3 is 2.82 bits per heavy atom. The first-order chi connectivity index (χ1) is 10.6. The number of nitriles is 1. The molecule has 1 saturated carbocycles. The van der Waals surface area contributed by atoms with E-state index in [-0.39, 0.29) is 5.91 Å². The highest BCUT2D eigenvalue weighted by molar-refractivity contribution is 7.99. The topological polar surface area (TPSA) is 74.8 Å². The van der Waals surface area contributed by atoms with Gasteiger partial charge in [0.1, 0.15) is 5.82 Å². The third-order valence-corrected chi connectivity index (χ3v) is 5.01. The van der Waals surface area contributed by atoms with Crippen LogP contribution in [-0.4, -0.2) is 44.9 Å². The number of thioether (sulfide) groups is 1. The largest absolute Gasteiger partial charge is 0.344 e. The molecule has 22 heavy (non-hydrogen) atoms. The Kier molecular flexibility index (Phi) is 6.25. The van der Waals surface area contributed by atoms with Gasteiger partial charge in [0.15, 0.2) is 5.16 Å². The van der Waals surface area contributed by atoms with Crippen LogP contribution in [0, 0.1) is 18.3 Å². The van der Waals surface area contributed by atoms with Crippen molar-refractivity contribution in [3.8, 4) is 6.07 Å². The van der Waals surface area contributed by atoms with Crippen LogP contribution in [0.25, 0.3) is 0 Å². The fraction of sp³-hybridized carbons (Fsp3) is 0.733. The molecule has 1 fully saturated rings. The van der Waals surface area contributed by atoms with Gasteiger partial charge >= 0.3 is 0 Å². The highest BCUT2D eigenvalue weighted by atomic mass is 32.2. The van der Waals surface area contributed by atoms with Gasteiger partial charge in [-0.25, -0.2) is 0 Å². The number of hydrogen-bond acceptors (Lipinski definition) is 5. The van der Waals surface area contributed by atoms with Crippen LogP contribution in [0.5, 0.6) is 0 Å². The lowest BCUT2D eigenvalue weighted by Gasteiger charge is -2.25. The summed E-state index contributed by atoms with van der Waals surface area (Å²) in [4.78, 5) is 13.7. The molecule has 1 aromatic heterocycles. The lowest BCUT2D eigenvalue weighted by Crippen LogP contribution is -2.29. The van der Waals surface area contributed by atoms with Crippen molar-refractivity contribution in [2.45, 2.75) is 56.6 Å². The molecule has 1 aromatic rings. The average Bonchev–Trinajstić information content (AvgIpc) is 2.91. The zero-order chi connectivity index (χ0) is 15.9. The molecule has 6 nitrogen and oxygen atoms in total. The number of carbonyl (C=O) groups excluding carboxylic acids is 1. The van der Waals surface area contributed by atoms with E-state index in [4.69, 9.17) is 5.26 Å². The Bertz CT molecular complexity index is 545. The zero-order valence-electron chi connectivity index (χ0n) is 13.3. The second kappa shape index (κ2) is 8.18. The first-order valence-electron chi connectivity index (χ1n) is 7.78. The lowest BCUT2D eigenvalue weighted by atomic mass is 9.95. The summed E-state index contributed by atoms with van der Waals surface area (Å²) in [5, 5.41) is 17.8. The van der Waals surface area contributed by atoms with E-state index in [9.17, 15) is 4.79 Å². The Labute approximate surface area is 135 Å². The summed E-state index contributed by atoms with van der Waals surface area (Å²) in [6.45, 7) is 2.46. The number of carbonyl (C=O) groups is 1. The van der Waals surface area contributed by atoms with Gasteiger partial charge in [-0.3, -0.25) is 4.79 Å². The molecule has 1 aliphatic carbocycles. The van der Waals surface area contributed by atoms with Gasteiger partial charge < -0.3 is 9.47 Å². The molecule has 0 atom stereocenters. The van der Waals surface area contributed by atoms with Crippen LogP contribution >= 0.6 is 11.8 Å². The minimum atomic E-state index is 0.0242. The predicted molar refractivity (Wildman–Crippen MR) is 85.5 cm³/mol. The van der Waals surface area contributed by atoms with Crippen LogP contribution in [0.15, 0.2) is 5.16 Å². The third kappa shape index (κ3) is 4.23. The van der Waals surface area contributed by atoms with Crippen molar-refractivity contribution in [1.82, 2.24) is 19.7 Å². The number of hydrogen-bond donors (Lipinski definition) is 0. The van der Waals surface area contributed by atoms with Gasteiger partial charge in [-0.2, -0.15) is 5.26 Å². The first-order valence-corrected chi connectivity index (χ1v) is 8.77. The molecular formula is C15H23N5OS. The van der Waals surface area contributed by atoms with Gasteiger partial charge in [-0.05, 0) is 19.8 Å². The molecule has 1 amide bonds. The van der Waals surface area contributed by atoms with Crippen LogP contribution < -0.4 is 0 Å². The summed E-state index contributed by atoms with van der Waals surface area (Å²) in [6, 6.07) is 2.53. The molecule has 0 N–H and O–H groups in total. The standard InChI is InChI=1S/C15H23N5OS/c1-12-17-18-15(20(12)13-7-4-3-5-8-13)22-11-14(21)19(2)10-6-9-16/h13H,3-8,10-11H2,1-2H3. The van der Waals surface area contributed by atoms with E-state index in [0.717, 1.165) is 11.0 Å². The number of nitrogens with zero attached hydrogens (tertiary/aromatic N) is 5. The quantitative estimate of drug-likeness (QED) is 0.753. The normalized spacial score (nSPS) is 15.5. The summed E-state index contributed by atoms with van der Waals surface area (Å²) < 4.78 is 2.20. The van der Waals surface area contributed by atoms with E-state index >= 15 is 0 Å². The van der Waals surface area contributed by atoms with Crippen LogP contribution in [0.3, 0.4) is 0 Å². The van der Waals surface area contributed by atoms with Crippen LogP contribution in [0.4, 0.5) is 0 Å². The highest BCUT2D eigenvalue weighted by Crippen LogP contribution is 2.32. The molecule has 0 aliphatic heterocycles. The van der Waals surface area contributed by atoms with Crippen molar-refractivity contribution in [2.75, 3.05) is 19.3 Å². The van der Waals surface area contributed by atoms with E-state index < -0.39 is 0 Å². The summed E-state index contributed by atoms with van der Waals surface area (Å²) in [7, 11) is 1.73. The molecule has 7 heteroatoms. The average molecular weight is 321 g/mol. The maximum absolute atomic E-state index is 12.1. The Morgan fingerprint density at radius 1 is 1.41 bits per heavy atom. The molecule has 0 unspecified atom stereocenters. The Balaban J connectivity index is 1.95. The molecule has 1 aliphatic rings. The summed E-state index contributed by atoms with van der Waals surface area (Å²) in [5.41, 5.74) is 0. The fourth-order valence-corrected chi connectivity index (χ4v) is 3.78. The molecule has 1 heterocycles. The highest BCUT2D eigenvalue weighted by Gasteiger charge is 2.22. The van der Waals surface area contributed by atoms with Crippen molar-refractivity contribution >= 4 is 17.7 Å². The summed E-state index contributed by atoms with van der Waals surface area (Å²) >= 11 is 1.45. The van der Waals surface area contributed by atoms with Gasteiger partial charge in [-0.1, -0.05) is 31.0 Å². The van der Waals surface area contributed by atoms with E-state index in [1.807, 2.05) is 6.92 Å².